The van der Waals surface area contributed by atoms with Gasteiger partial charge in [-0.05, 0) is 36.4 Å². The molecule has 1 aliphatic rings. The van der Waals surface area contributed by atoms with E-state index in [0.717, 1.165) is 0 Å². The molecule has 2 heterocycles. The minimum absolute atomic E-state index is 0.179. The second-order valence-corrected chi connectivity index (χ2v) is 8.18. The van der Waals surface area contributed by atoms with E-state index in [4.69, 9.17) is 4.74 Å². The number of benzene rings is 2. The zero-order valence-electron chi connectivity index (χ0n) is 14.9. The summed E-state index contributed by atoms with van der Waals surface area (Å²) in [5.74, 6) is -0.415. The Labute approximate surface area is 162 Å². The predicted molar refractivity (Wildman–Crippen MR) is 104 cm³/mol. The molecule has 4 rings (SSSR count). The predicted octanol–water partition coefficient (Wildman–Crippen LogP) is 1.90. The summed E-state index contributed by atoms with van der Waals surface area (Å²) in [6.07, 6.45) is 1.41. The molecule has 0 bridgehead atoms. The second kappa shape index (κ2) is 7.63. The van der Waals surface area contributed by atoms with E-state index in [2.05, 4.69) is 15.3 Å². The number of para-hydroxylation sites is 2. The van der Waals surface area contributed by atoms with Gasteiger partial charge in [-0.15, -0.1) is 0 Å². The minimum atomic E-state index is -3.57. The number of hydrogen-bond donors (Lipinski definition) is 1. The van der Waals surface area contributed by atoms with Crippen molar-refractivity contribution in [2.75, 3.05) is 31.6 Å². The topological polar surface area (TPSA) is 101 Å². The van der Waals surface area contributed by atoms with Crippen LogP contribution >= 0.6 is 0 Å². The Bertz CT molecular complexity index is 1110. The quantitative estimate of drug-likeness (QED) is 0.720. The molecule has 0 unspecified atom stereocenters. The highest BCUT2D eigenvalue weighted by Crippen LogP contribution is 2.20. The molecule has 1 fully saturated rings. The summed E-state index contributed by atoms with van der Waals surface area (Å²) in [5, 5.41) is 2.71. The van der Waals surface area contributed by atoms with Crippen molar-refractivity contribution in [2.24, 2.45) is 0 Å². The average Bonchev–Trinajstić information content (AvgIpc) is 2.74. The Morgan fingerprint density at radius 2 is 1.68 bits per heavy atom. The van der Waals surface area contributed by atoms with Crippen LogP contribution in [0, 0.1) is 0 Å². The zero-order valence-corrected chi connectivity index (χ0v) is 15.7. The van der Waals surface area contributed by atoms with Gasteiger partial charge in [0.05, 0.1) is 35.3 Å². The summed E-state index contributed by atoms with van der Waals surface area (Å²) < 4.78 is 31.9. The summed E-state index contributed by atoms with van der Waals surface area (Å²) in [7, 11) is -3.57. The molecule has 2 aromatic carbocycles. The highest BCUT2D eigenvalue weighted by Gasteiger charge is 2.26. The van der Waals surface area contributed by atoms with Crippen molar-refractivity contribution in [1.82, 2.24) is 14.3 Å². The fourth-order valence-corrected chi connectivity index (χ4v) is 4.32. The van der Waals surface area contributed by atoms with E-state index in [0.29, 0.717) is 43.0 Å². The molecule has 8 nitrogen and oxygen atoms in total. The van der Waals surface area contributed by atoms with Crippen molar-refractivity contribution in [3.63, 3.8) is 0 Å². The normalized spacial score (nSPS) is 15.4. The highest BCUT2D eigenvalue weighted by molar-refractivity contribution is 7.89. The molecule has 9 heteroatoms. The van der Waals surface area contributed by atoms with Crippen LogP contribution in [0.4, 0.5) is 5.69 Å². The monoisotopic (exact) mass is 398 g/mol. The molecule has 0 spiro atoms. The van der Waals surface area contributed by atoms with Gasteiger partial charge in [0.2, 0.25) is 10.0 Å². The molecule has 1 aromatic heterocycles. The molecule has 1 N–H and O–H groups in total. The molecule has 1 aliphatic heterocycles. The highest BCUT2D eigenvalue weighted by atomic mass is 32.2. The Morgan fingerprint density at radius 3 is 2.39 bits per heavy atom. The summed E-state index contributed by atoms with van der Waals surface area (Å²) in [5.41, 5.74) is 1.99. The van der Waals surface area contributed by atoms with Gasteiger partial charge in [-0.1, -0.05) is 12.1 Å². The van der Waals surface area contributed by atoms with Crippen molar-refractivity contribution in [3.05, 3.63) is 60.4 Å². The van der Waals surface area contributed by atoms with Crippen LogP contribution in [0.25, 0.3) is 11.0 Å². The van der Waals surface area contributed by atoms with Crippen LogP contribution in [-0.4, -0.2) is 54.9 Å². The molecule has 3 aromatic rings. The van der Waals surface area contributed by atoms with Crippen molar-refractivity contribution >= 4 is 32.7 Å². The first-order valence-corrected chi connectivity index (χ1v) is 10.2. The zero-order chi connectivity index (χ0) is 19.6. The van der Waals surface area contributed by atoms with Crippen LogP contribution in [0.15, 0.2) is 59.6 Å². The minimum Gasteiger partial charge on any atom is -0.379 e. The van der Waals surface area contributed by atoms with Crippen LogP contribution in [0.5, 0.6) is 0 Å². The molecule has 28 heavy (non-hydrogen) atoms. The number of hydrogen-bond acceptors (Lipinski definition) is 6. The third kappa shape index (κ3) is 3.72. The van der Waals surface area contributed by atoms with Crippen LogP contribution in [-0.2, 0) is 14.8 Å². The average molecular weight is 398 g/mol. The number of anilines is 1. The number of sulfonamides is 1. The Balaban J connectivity index is 1.49. The molecule has 1 amide bonds. The third-order valence-corrected chi connectivity index (χ3v) is 6.31. The molecule has 0 aliphatic carbocycles. The lowest BCUT2D eigenvalue weighted by atomic mass is 10.3. The summed E-state index contributed by atoms with van der Waals surface area (Å²) in [6.45, 7) is 1.45. The third-order valence-electron chi connectivity index (χ3n) is 4.40. The van der Waals surface area contributed by atoms with E-state index in [-0.39, 0.29) is 10.6 Å². The molecule has 1 saturated heterocycles. The molecular formula is C19H18N4O4S. The maximum Gasteiger partial charge on any atom is 0.275 e. The van der Waals surface area contributed by atoms with E-state index < -0.39 is 15.9 Å². The number of carbonyl (C=O) groups excluding carboxylic acids is 1. The number of nitrogens with zero attached hydrogens (tertiary/aromatic N) is 3. The van der Waals surface area contributed by atoms with Crippen LogP contribution in [0.1, 0.15) is 10.5 Å². The second-order valence-electron chi connectivity index (χ2n) is 6.24. The largest absolute Gasteiger partial charge is 0.379 e. The van der Waals surface area contributed by atoms with Gasteiger partial charge < -0.3 is 10.1 Å². The Kier molecular flexibility index (Phi) is 5.03. The SMILES string of the molecule is O=C(Nc1ccc(S(=O)(=O)N2CCOCC2)cc1)c1cnc2ccccc2n1. The molecule has 0 atom stereocenters. The van der Waals surface area contributed by atoms with Crippen molar-refractivity contribution in [3.8, 4) is 0 Å². The van der Waals surface area contributed by atoms with Crippen molar-refractivity contribution < 1.29 is 17.9 Å². The van der Waals surface area contributed by atoms with E-state index in [9.17, 15) is 13.2 Å². The Morgan fingerprint density at radius 1 is 1.00 bits per heavy atom. The number of fused-ring (bicyclic) bond motifs is 1. The van der Waals surface area contributed by atoms with Crippen LogP contribution in [0.3, 0.4) is 0 Å². The van der Waals surface area contributed by atoms with E-state index in [1.165, 1.54) is 22.6 Å². The van der Waals surface area contributed by atoms with E-state index in [1.54, 1.807) is 18.2 Å². The van der Waals surface area contributed by atoms with Gasteiger partial charge in [-0.25, -0.2) is 13.4 Å². The standard InChI is InChI=1S/C19H18N4O4S/c24-19(18-13-20-16-3-1-2-4-17(16)22-18)21-14-5-7-15(8-6-14)28(25,26)23-9-11-27-12-10-23/h1-8,13H,9-12H2,(H,21,24). The van der Waals surface area contributed by atoms with Gasteiger partial charge in [-0.3, -0.25) is 9.78 Å². The molecule has 0 radical (unpaired) electrons. The number of ether oxygens (including phenoxy) is 1. The van der Waals surface area contributed by atoms with Gasteiger partial charge in [0.15, 0.2) is 0 Å². The fraction of sp³-hybridized carbons (Fsp3) is 0.211. The summed E-state index contributed by atoms with van der Waals surface area (Å²) in [4.78, 5) is 21.1. The van der Waals surface area contributed by atoms with Crippen molar-refractivity contribution in [2.45, 2.75) is 4.90 Å². The van der Waals surface area contributed by atoms with Crippen LogP contribution < -0.4 is 5.32 Å². The van der Waals surface area contributed by atoms with Gasteiger partial charge in [-0.2, -0.15) is 4.31 Å². The molecule has 144 valence electrons. The number of amides is 1. The van der Waals surface area contributed by atoms with E-state index in [1.807, 2.05) is 18.2 Å². The number of rotatable bonds is 4. The fourth-order valence-electron chi connectivity index (χ4n) is 2.91. The van der Waals surface area contributed by atoms with Gasteiger partial charge in [0.25, 0.3) is 5.91 Å². The lowest BCUT2D eigenvalue weighted by Crippen LogP contribution is -2.40. The van der Waals surface area contributed by atoms with Gasteiger partial charge in [0, 0.05) is 18.8 Å². The summed E-state index contributed by atoms with van der Waals surface area (Å²) >= 11 is 0. The lowest BCUT2D eigenvalue weighted by molar-refractivity contribution is 0.0730. The number of morpholine rings is 1. The summed E-state index contributed by atoms with van der Waals surface area (Å²) in [6, 6.07) is 13.3. The number of aromatic nitrogens is 2. The van der Waals surface area contributed by atoms with Crippen LogP contribution in [0.2, 0.25) is 0 Å². The molecule has 0 saturated carbocycles. The Hall–Kier alpha value is -2.88. The smallest absolute Gasteiger partial charge is 0.275 e. The maximum atomic E-state index is 12.6. The van der Waals surface area contributed by atoms with Gasteiger partial charge in [0.1, 0.15) is 5.69 Å². The van der Waals surface area contributed by atoms with Crippen molar-refractivity contribution in [1.29, 1.82) is 0 Å². The van der Waals surface area contributed by atoms with Gasteiger partial charge >= 0.3 is 0 Å². The lowest BCUT2D eigenvalue weighted by Gasteiger charge is -2.26. The maximum absolute atomic E-state index is 12.6. The molecular weight excluding hydrogens is 380 g/mol. The first-order valence-electron chi connectivity index (χ1n) is 8.75. The van der Waals surface area contributed by atoms with E-state index >= 15 is 0 Å². The first-order chi connectivity index (χ1) is 13.5. The number of nitrogens with one attached hydrogen (secondary N) is 1. The first kappa shape index (κ1) is 18.5. The number of carbonyl (C=O) groups is 1.